The van der Waals surface area contributed by atoms with Gasteiger partial charge in [0.1, 0.15) is 24.4 Å². The Morgan fingerprint density at radius 2 is 1.65 bits per heavy atom. The second-order valence-corrected chi connectivity index (χ2v) is 9.40. The molecule has 0 aromatic heterocycles. The second kappa shape index (κ2) is 9.20. The number of hydrogen-bond donors (Lipinski definition) is 0. The SMILES string of the molecule is COc1ccc(Sc2cc(Cl)ccc2N2C(=O)CN(C(=O)OC(C)(C)C)CC2=O)cc1. The van der Waals surface area contributed by atoms with Gasteiger partial charge < -0.3 is 9.47 Å². The van der Waals surface area contributed by atoms with Crippen LogP contribution in [0.3, 0.4) is 0 Å². The summed E-state index contributed by atoms with van der Waals surface area (Å²) in [5, 5.41) is 0.479. The molecular weight excluding hydrogens is 440 g/mol. The molecule has 2 aromatic rings. The molecule has 0 bridgehead atoms. The Hall–Kier alpha value is -2.71. The summed E-state index contributed by atoms with van der Waals surface area (Å²) < 4.78 is 10.5. The molecule has 1 aliphatic rings. The van der Waals surface area contributed by atoms with E-state index in [0.717, 1.165) is 20.4 Å². The Bertz CT molecular complexity index is 986. The van der Waals surface area contributed by atoms with Crippen LogP contribution < -0.4 is 9.64 Å². The number of halogens is 1. The van der Waals surface area contributed by atoms with Crippen LogP contribution in [0.15, 0.2) is 52.3 Å². The molecule has 2 aromatic carbocycles. The average molecular weight is 463 g/mol. The zero-order valence-electron chi connectivity index (χ0n) is 17.7. The van der Waals surface area contributed by atoms with E-state index in [0.29, 0.717) is 15.6 Å². The van der Waals surface area contributed by atoms with Gasteiger partial charge in [0, 0.05) is 14.8 Å². The molecule has 0 N–H and O–H groups in total. The minimum atomic E-state index is -0.724. The molecule has 3 rings (SSSR count). The fourth-order valence-electron chi connectivity index (χ4n) is 2.91. The van der Waals surface area contributed by atoms with Gasteiger partial charge in [0.05, 0.1) is 12.8 Å². The number of rotatable bonds is 4. The first kappa shape index (κ1) is 23.0. The standard InChI is InChI=1S/C22H23ClN2O5S/c1-22(2,3)30-21(28)24-12-19(26)25(20(27)13-24)17-10-5-14(23)11-18(17)31-16-8-6-15(29-4)7-9-16/h5-11H,12-13H2,1-4H3. The van der Waals surface area contributed by atoms with Gasteiger partial charge in [-0.2, -0.15) is 0 Å². The molecule has 3 amide bonds. The van der Waals surface area contributed by atoms with E-state index in [4.69, 9.17) is 21.1 Å². The fourth-order valence-corrected chi connectivity index (χ4v) is 4.13. The number of piperazine rings is 1. The van der Waals surface area contributed by atoms with Gasteiger partial charge in [-0.25, -0.2) is 9.69 Å². The number of carbonyl (C=O) groups is 3. The first-order valence-electron chi connectivity index (χ1n) is 9.52. The monoisotopic (exact) mass is 462 g/mol. The first-order valence-corrected chi connectivity index (χ1v) is 10.7. The second-order valence-electron chi connectivity index (χ2n) is 7.85. The Balaban J connectivity index is 1.84. The third kappa shape index (κ3) is 5.71. The summed E-state index contributed by atoms with van der Waals surface area (Å²) in [5.41, 5.74) is -0.303. The number of amides is 3. The lowest BCUT2D eigenvalue weighted by atomic mass is 10.2. The van der Waals surface area contributed by atoms with E-state index in [1.807, 2.05) is 24.3 Å². The molecule has 1 fully saturated rings. The van der Waals surface area contributed by atoms with Crippen molar-refractivity contribution in [1.82, 2.24) is 4.90 Å². The van der Waals surface area contributed by atoms with Crippen molar-refractivity contribution in [2.24, 2.45) is 0 Å². The maximum absolute atomic E-state index is 12.9. The molecule has 0 radical (unpaired) electrons. The van der Waals surface area contributed by atoms with Gasteiger partial charge in [0.15, 0.2) is 0 Å². The summed E-state index contributed by atoms with van der Waals surface area (Å²) in [4.78, 5) is 41.8. The highest BCUT2D eigenvalue weighted by molar-refractivity contribution is 7.99. The van der Waals surface area contributed by atoms with Gasteiger partial charge in [0.2, 0.25) is 0 Å². The molecular formula is C22H23ClN2O5S. The van der Waals surface area contributed by atoms with Gasteiger partial charge in [-0.15, -0.1) is 0 Å². The Morgan fingerprint density at radius 3 is 2.19 bits per heavy atom. The Morgan fingerprint density at radius 1 is 1.03 bits per heavy atom. The van der Waals surface area contributed by atoms with E-state index < -0.39 is 23.5 Å². The number of ether oxygens (including phenoxy) is 2. The molecule has 31 heavy (non-hydrogen) atoms. The third-order valence-electron chi connectivity index (χ3n) is 4.25. The van der Waals surface area contributed by atoms with E-state index in [9.17, 15) is 14.4 Å². The molecule has 0 spiro atoms. The van der Waals surface area contributed by atoms with Gasteiger partial charge >= 0.3 is 6.09 Å². The number of anilines is 1. The first-order chi connectivity index (χ1) is 14.6. The van der Waals surface area contributed by atoms with Crippen LogP contribution in [0, 0.1) is 0 Å². The van der Waals surface area contributed by atoms with Crippen LogP contribution in [0.1, 0.15) is 20.8 Å². The molecule has 164 valence electrons. The predicted molar refractivity (Wildman–Crippen MR) is 119 cm³/mol. The number of benzene rings is 2. The van der Waals surface area contributed by atoms with E-state index in [1.165, 1.54) is 11.8 Å². The van der Waals surface area contributed by atoms with E-state index in [1.54, 1.807) is 46.1 Å². The lowest BCUT2D eigenvalue weighted by Gasteiger charge is -2.34. The van der Waals surface area contributed by atoms with Crippen molar-refractivity contribution in [3.63, 3.8) is 0 Å². The normalized spacial score (nSPS) is 14.6. The molecule has 1 aliphatic heterocycles. The number of carbonyl (C=O) groups excluding carboxylic acids is 3. The Labute approximate surface area is 190 Å². The highest BCUT2D eigenvalue weighted by atomic mass is 35.5. The highest BCUT2D eigenvalue weighted by Gasteiger charge is 2.37. The zero-order chi connectivity index (χ0) is 22.8. The number of imide groups is 1. The summed E-state index contributed by atoms with van der Waals surface area (Å²) in [6.07, 6.45) is -0.696. The minimum absolute atomic E-state index is 0.254. The van der Waals surface area contributed by atoms with Gasteiger partial charge in [-0.05, 0) is 63.2 Å². The minimum Gasteiger partial charge on any atom is -0.497 e. The molecule has 1 heterocycles. The smallest absolute Gasteiger partial charge is 0.411 e. The highest BCUT2D eigenvalue weighted by Crippen LogP contribution is 2.38. The molecule has 1 saturated heterocycles. The third-order valence-corrected chi connectivity index (χ3v) is 5.54. The van der Waals surface area contributed by atoms with Crippen molar-refractivity contribution in [1.29, 1.82) is 0 Å². The van der Waals surface area contributed by atoms with Gasteiger partial charge in [-0.1, -0.05) is 23.4 Å². The van der Waals surface area contributed by atoms with E-state index in [2.05, 4.69) is 0 Å². The molecule has 0 aliphatic carbocycles. The molecule has 0 saturated carbocycles. The van der Waals surface area contributed by atoms with Crippen molar-refractivity contribution in [3.05, 3.63) is 47.5 Å². The molecule has 0 atom stereocenters. The molecule has 9 heteroatoms. The lowest BCUT2D eigenvalue weighted by molar-refractivity contribution is -0.131. The summed E-state index contributed by atoms with van der Waals surface area (Å²) in [5.74, 6) is -0.304. The number of nitrogens with zero attached hydrogens (tertiary/aromatic N) is 2. The molecule has 0 unspecified atom stereocenters. The van der Waals surface area contributed by atoms with Crippen LogP contribution in [0.5, 0.6) is 5.75 Å². The van der Waals surface area contributed by atoms with Crippen LogP contribution in [0.25, 0.3) is 0 Å². The maximum Gasteiger partial charge on any atom is 0.411 e. The number of methoxy groups -OCH3 is 1. The van der Waals surface area contributed by atoms with Crippen LogP contribution in [-0.4, -0.2) is 48.6 Å². The fraction of sp³-hybridized carbons (Fsp3) is 0.318. The number of hydrogen-bond acceptors (Lipinski definition) is 6. The van der Waals surface area contributed by atoms with E-state index >= 15 is 0 Å². The van der Waals surface area contributed by atoms with Crippen LogP contribution in [0.4, 0.5) is 10.5 Å². The van der Waals surface area contributed by atoms with Crippen molar-refractivity contribution in [2.75, 3.05) is 25.1 Å². The van der Waals surface area contributed by atoms with Crippen LogP contribution in [-0.2, 0) is 14.3 Å². The summed E-state index contributed by atoms with van der Waals surface area (Å²) in [7, 11) is 1.59. The van der Waals surface area contributed by atoms with Crippen molar-refractivity contribution >= 4 is 47.0 Å². The largest absolute Gasteiger partial charge is 0.497 e. The summed E-state index contributed by atoms with van der Waals surface area (Å²) in [6.45, 7) is 4.66. The topological polar surface area (TPSA) is 76.2 Å². The van der Waals surface area contributed by atoms with Gasteiger partial charge in [0.25, 0.3) is 11.8 Å². The van der Waals surface area contributed by atoms with Crippen molar-refractivity contribution in [2.45, 2.75) is 36.2 Å². The van der Waals surface area contributed by atoms with Crippen molar-refractivity contribution < 1.29 is 23.9 Å². The van der Waals surface area contributed by atoms with Crippen molar-refractivity contribution in [3.8, 4) is 5.75 Å². The molecule has 7 nitrogen and oxygen atoms in total. The zero-order valence-corrected chi connectivity index (χ0v) is 19.2. The quantitative estimate of drug-likeness (QED) is 0.617. The van der Waals surface area contributed by atoms with Gasteiger partial charge in [-0.3, -0.25) is 14.5 Å². The van der Waals surface area contributed by atoms with Crippen LogP contribution in [0.2, 0.25) is 5.02 Å². The lowest BCUT2D eigenvalue weighted by Crippen LogP contribution is -2.56. The van der Waals surface area contributed by atoms with Crippen LogP contribution >= 0.6 is 23.4 Å². The van der Waals surface area contributed by atoms with E-state index in [-0.39, 0.29) is 13.1 Å². The summed E-state index contributed by atoms with van der Waals surface area (Å²) >= 11 is 7.55. The summed E-state index contributed by atoms with van der Waals surface area (Å²) in [6, 6.07) is 12.3. The predicted octanol–water partition coefficient (Wildman–Crippen LogP) is 4.61. The maximum atomic E-state index is 12.9. The Kier molecular flexibility index (Phi) is 6.81. The average Bonchev–Trinajstić information content (AvgIpc) is 2.68.